The number of hydrogen-bond donors (Lipinski definition) is 1. The number of H-pyrrole nitrogens is 1. The zero-order valence-electron chi connectivity index (χ0n) is 17.8. The highest BCUT2D eigenvalue weighted by Crippen LogP contribution is 2.24. The third-order valence-electron chi connectivity index (χ3n) is 5.12. The first-order chi connectivity index (χ1) is 15.2. The van der Waals surface area contributed by atoms with Crippen molar-refractivity contribution < 1.29 is 0 Å². The molecule has 4 rings (SSSR count). The molecule has 0 unspecified atom stereocenters. The molecule has 31 heavy (non-hydrogen) atoms. The highest BCUT2D eigenvalue weighted by Gasteiger charge is 2.15. The third kappa shape index (κ3) is 4.38. The Morgan fingerprint density at radius 2 is 1.87 bits per heavy atom. The van der Waals surface area contributed by atoms with E-state index >= 15 is 0 Å². The molecule has 158 valence electrons. The van der Waals surface area contributed by atoms with Gasteiger partial charge in [0.05, 0.1) is 12.2 Å². The lowest BCUT2D eigenvalue weighted by molar-refractivity contribution is 0.613. The van der Waals surface area contributed by atoms with Crippen LogP contribution >= 0.6 is 0 Å². The second kappa shape index (κ2) is 9.34. The first-order valence-electron chi connectivity index (χ1n) is 10.6. The molecular weight excluding hydrogens is 390 g/mol. The largest absolute Gasteiger partial charge is 0.298 e. The highest BCUT2D eigenvalue weighted by molar-refractivity contribution is 5.58. The predicted molar refractivity (Wildman–Crippen MR) is 115 cm³/mol. The zero-order valence-corrected chi connectivity index (χ0v) is 17.8. The molecule has 9 nitrogen and oxygen atoms in total. The van der Waals surface area contributed by atoms with E-state index in [1.54, 1.807) is 6.07 Å². The molecule has 3 heterocycles. The van der Waals surface area contributed by atoms with E-state index in [4.69, 9.17) is 10.1 Å². The van der Waals surface area contributed by atoms with Crippen molar-refractivity contribution in [3.63, 3.8) is 0 Å². The summed E-state index contributed by atoms with van der Waals surface area (Å²) in [6.45, 7) is 5.00. The number of aromatic amines is 1. The van der Waals surface area contributed by atoms with Crippen molar-refractivity contribution in [1.29, 1.82) is 5.26 Å². The molecule has 3 aromatic heterocycles. The summed E-state index contributed by atoms with van der Waals surface area (Å²) in [6, 6.07) is 13.9. The van der Waals surface area contributed by atoms with Crippen LogP contribution in [0.15, 0.2) is 36.4 Å². The van der Waals surface area contributed by atoms with Crippen LogP contribution in [0.4, 0.5) is 0 Å². The van der Waals surface area contributed by atoms with Crippen LogP contribution in [0.1, 0.15) is 56.0 Å². The minimum Gasteiger partial charge on any atom is -0.298 e. The Labute approximate surface area is 180 Å². The van der Waals surface area contributed by atoms with Crippen molar-refractivity contribution >= 4 is 0 Å². The van der Waals surface area contributed by atoms with Crippen molar-refractivity contribution in [2.24, 2.45) is 0 Å². The number of nitriles is 1. The predicted octanol–water partition coefficient (Wildman–Crippen LogP) is 3.46. The Morgan fingerprint density at radius 3 is 2.55 bits per heavy atom. The van der Waals surface area contributed by atoms with Gasteiger partial charge in [-0.2, -0.15) is 15.6 Å². The van der Waals surface area contributed by atoms with Crippen LogP contribution in [-0.2, 0) is 19.4 Å². The molecule has 0 bridgehead atoms. The van der Waals surface area contributed by atoms with Crippen LogP contribution in [0, 0.1) is 11.3 Å². The number of unbranched alkanes of at least 4 members (excludes halogenated alkanes) is 1. The van der Waals surface area contributed by atoms with Gasteiger partial charge >= 0.3 is 0 Å². The van der Waals surface area contributed by atoms with Crippen molar-refractivity contribution in [3.8, 4) is 23.3 Å². The average molecular weight is 416 g/mol. The lowest BCUT2D eigenvalue weighted by Crippen LogP contribution is -2.08. The van der Waals surface area contributed by atoms with Gasteiger partial charge in [-0.1, -0.05) is 32.4 Å². The van der Waals surface area contributed by atoms with Crippen molar-refractivity contribution in [2.75, 3.05) is 0 Å². The molecule has 0 radical (unpaired) electrons. The van der Waals surface area contributed by atoms with E-state index in [1.807, 2.05) is 27.4 Å². The van der Waals surface area contributed by atoms with E-state index in [0.717, 1.165) is 55.0 Å². The van der Waals surface area contributed by atoms with Crippen LogP contribution in [0.3, 0.4) is 0 Å². The maximum atomic E-state index is 9.53. The summed E-state index contributed by atoms with van der Waals surface area (Å²) in [7, 11) is 0. The van der Waals surface area contributed by atoms with E-state index in [-0.39, 0.29) is 0 Å². The summed E-state index contributed by atoms with van der Waals surface area (Å²) in [5.74, 6) is 2.41. The number of benzene rings is 1. The lowest BCUT2D eigenvalue weighted by atomic mass is 10.2. The third-order valence-corrected chi connectivity index (χ3v) is 5.12. The Balaban J connectivity index is 1.61. The zero-order chi connectivity index (χ0) is 21.6. The molecule has 1 aromatic carbocycles. The number of aryl methyl sites for hydroxylation is 2. The molecule has 0 amide bonds. The van der Waals surface area contributed by atoms with E-state index in [1.165, 1.54) is 0 Å². The highest BCUT2D eigenvalue weighted by atomic mass is 15.5. The normalized spacial score (nSPS) is 11.0. The van der Waals surface area contributed by atoms with E-state index in [9.17, 15) is 5.26 Å². The van der Waals surface area contributed by atoms with Crippen LogP contribution in [0.2, 0.25) is 0 Å². The monoisotopic (exact) mass is 415 g/mol. The molecule has 0 aliphatic rings. The number of tetrazole rings is 1. The molecule has 0 spiro atoms. The summed E-state index contributed by atoms with van der Waals surface area (Å²) in [5.41, 5.74) is 3.21. The number of rotatable bonds is 9. The minimum atomic E-state index is 0.442. The number of nitrogens with zero attached hydrogens (tertiary/aromatic N) is 8. The van der Waals surface area contributed by atoms with Gasteiger partial charge in [-0.15, -0.1) is 10.2 Å². The molecule has 4 aromatic rings. The second-order valence-electron chi connectivity index (χ2n) is 7.41. The van der Waals surface area contributed by atoms with Gasteiger partial charge in [0.2, 0.25) is 5.82 Å². The van der Waals surface area contributed by atoms with Crippen LogP contribution in [0.5, 0.6) is 0 Å². The van der Waals surface area contributed by atoms with Gasteiger partial charge in [-0.25, -0.2) is 9.67 Å². The van der Waals surface area contributed by atoms with Crippen molar-refractivity contribution in [1.82, 2.24) is 40.0 Å². The molecule has 9 heteroatoms. The average Bonchev–Trinajstić information content (AvgIpc) is 3.53. The van der Waals surface area contributed by atoms with E-state index in [2.05, 4.69) is 52.7 Å². The second-order valence-corrected chi connectivity index (χ2v) is 7.41. The molecule has 0 fully saturated rings. The van der Waals surface area contributed by atoms with Gasteiger partial charge in [0.25, 0.3) is 0 Å². The Kier molecular flexibility index (Phi) is 6.17. The van der Waals surface area contributed by atoms with Gasteiger partial charge in [0, 0.05) is 18.5 Å². The quantitative estimate of drug-likeness (QED) is 0.448. The summed E-state index contributed by atoms with van der Waals surface area (Å²) in [5, 5.41) is 28.4. The topological polar surface area (TPSA) is 114 Å². The molecular formula is C22H25N9. The van der Waals surface area contributed by atoms with E-state index in [0.29, 0.717) is 23.8 Å². The Morgan fingerprint density at radius 1 is 1.03 bits per heavy atom. The van der Waals surface area contributed by atoms with Gasteiger partial charge in [0.1, 0.15) is 17.6 Å². The summed E-state index contributed by atoms with van der Waals surface area (Å²) in [6.07, 6.45) is 5.10. The Hall–Kier alpha value is -3.80. The van der Waals surface area contributed by atoms with Gasteiger partial charge in [-0.05, 0) is 47.9 Å². The van der Waals surface area contributed by atoms with E-state index < -0.39 is 0 Å². The van der Waals surface area contributed by atoms with Crippen molar-refractivity contribution in [3.05, 3.63) is 59.3 Å². The summed E-state index contributed by atoms with van der Waals surface area (Å²) in [4.78, 5) is 4.74. The maximum Gasteiger partial charge on any atom is 0.221 e. The standard InChI is InChI=1S/C22H25N9/c1-3-5-7-21-24-20(6-4-2)27-30(21)15-16-8-10-17(11-9-16)31-18(14-23)12-13-19(31)22-25-28-29-26-22/h8-13H,3-7,15H2,1-2H3,(H,25,26,28,29). The Bertz CT molecular complexity index is 1160. The molecule has 1 N–H and O–H groups in total. The fourth-order valence-corrected chi connectivity index (χ4v) is 3.57. The first kappa shape index (κ1) is 20.5. The molecule has 0 atom stereocenters. The number of nitrogens with one attached hydrogen (secondary N) is 1. The van der Waals surface area contributed by atoms with Crippen molar-refractivity contribution in [2.45, 2.75) is 52.5 Å². The lowest BCUT2D eigenvalue weighted by Gasteiger charge is -2.10. The maximum absolute atomic E-state index is 9.53. The fourth-order valence-electron chi connectivity index (χ4n) is 3.57. The summed E-state index contributed by atoms with van der Waals surface area (Å²) >= 11 is 0. The van der Waals surface area contributed by atoms with Gasteiger partial charge in [0.15, 0.2) is 5.82 Å². The molecule has 0 saturated heterocycles. The molecule has 0 aliphatic heterocycles. The van der Waals surface area contributed by atoms with Crippen LogP contribution < -0.4 is 0 Å². The SMILES string of the molecule is CCCCc1nc(CCC)nn1Cc1ccc(-n2c(C#N)ccc2-c2nn[nH]n2)cc1. The molecule has 0 saturated carbocycles. The van der Waals surface area contributed by atoms with Crippen LogP contribution in [0.25, 0.3) is 17.2 Å². The number of hydrogen-bond acceptors (Lipinski definition) is 6. The fraction of sp³-hybridized carbons (Fsp3) is 0.364. The smallest absolute Gasteiger partial charge is 0.221 e. The molecule has 0 aliphatic carbocycles. The summed E-state index contributed by atoms with van der Waals surface area (Å²) < 4.78 is 3.85. The minimum absolute atomic E-state index is 0.442. The van der Waals surface area contributed by atoms with Crippen LogP contribution in [-0.4, -0.2) is 40.0 Å². The van der Waals surface area contributed by atoms with Gasteiger partial charge in [-0.3, -0.25) is 4.57 Å². The number of aromatic nitrogens is 8. The first-order valence-corrected chi connectivity index (χ1v) is 10.6. The van der Waals surface area contributed by atoms with Gasteiger partial charge < -0.3 is 0 Å².